The third kappa shape index (κ3) is 4.39. The summed E-state index contributed by atoms with van der Waals surface area (Å²) in [5, 5.41) is 2.60. The van der Waals surface area contributed by atoms with Gasteiger partial charge in [-0.05, 0) is 37.7 Å². The molecule has 2 atom stereocenters. The number of nitrogens with one attached hydrogen (secondary N) is 1. The average molecular weight is 261 g/mol. The molecule has 2 unspecified atom stereocenters. The van der Waals surface area contributed by atoms with Gasteiger partial charge in [0.15, 0.2) is 0 Å². The summed E-state index contributed by atoms with van der Waals surface area (Å²) in [4.78, 5) is 22.7. The molecule has 4 nitrogen and oxygen atoms in total. The van der Waals surface area contributed by atoms with E-state index >= 15 is 0 Å². The smallest absolute Gasteiger partial charge is 0.407 e. The molecular formula is C15H19NO3. The lowest BCUT2D eigenvalue weighted by molar-refractivity contribution is -0.109. The highest BCUT2D eigenvalue weighted by Crippen LogP contribution is 2.33. The predicted molar refractivity (Wildman–Crippen MR) is 71.8 cm³/mol. The van der Waals surface area contributed by atoms with E-state index in [9.17, 15) is 9.59 Å². The summed E-state index contributed by atoms with van der Waals surface area (Å²) in [6.07, 6.45) is 2.90. The number of ether oxygens (including phenoxy) is 1. The van der Waals surface area contributed by atoms with Crippen molar-refractivity contribution in [3.05, 3.63) is 35.9 Å². The minimum Gasteiger partial charge on any atom is -0.446 e. The minimum atomic E-state index is -0.540. The van der Waals surface area contributed by atoms with Crippen LogP contribution in [0.4, 0.5) is 4.79 Å². The van der Waals surface area contributed by atoms with Crippen LogP contribution >= 0.6 is 0 Å². The summed E-state index contributed by atoms with van der Waals surface area (Å²) in [7, 11) is 0. The van der Waals surface area contributed by atoms with E-state index in [0.29, 0.717) is 12.3 Å². The number of alkyl carbamates (subject to hydrolysis) is 1. The Bertz CT molecular complexity index is 428. The molecule has 1 aromatic carbocycles. The van der Waals surface area contributed by atoms with Crippen molar-refractivity contribution in [3.8, 4) is 0 Å². The van der Waals surface area contributed by atoms with Crippen molar-refractivity contribution in [2.75, 3.05) is 0 Å². The number of aldehydes is 1. The molecule has 0 saturated heterocycles. The molecule has 2 rings (SSSR count). The molecule has 0 aliphatic heterocycles. The Morgan fingerprint density at radius 1 is 1.42 bits per heavy atom. The number of hydrogen-bond donors (Lipinski definition) is 1. The highest BCUT2D eigenvalue weighted by atomic mass is 16.6. The lowest BCUT2D eigenvalue weighted by Gasteiger charge is -2.16. The van der Waals surface area contributed by atoms with Gasteiger partial charge in [0, 0.05) is 0 Å². The maximum absolute atomic E-state index is 11.7. The highest BCUT2D eigenvalue weighted by Gasteiger charge is 2.31. The minimum absolute atomic E-state index is 0.0657. The van der Waals surface area contributed by atoms with Gasteiger partial charge >= 0.3 is 6.09 Å². The summed E-state index contributed by atoms with van der Waals surface area (Å²) in [6.45, 7) is 1.89. The zero-order chi connectivity index (χ0) is 13.7. The number of carbonyl (C=O) groups excluding carboxylic acids is 2. The van der Waals surface area contributed by atoms with Gasteiger partial charge in [-0.1, -0.05) is 30.3 Å². The van der Waals surface area contributed by atoms with Crippen molar-refractivity contribution in [2.24, 2.45) is 5.92 Å². The van der Waals surface area contributed by atoms with E-state index in [2.05, 4.69) is 5.32 Å². The molecule has 1 fully saturated rings. The Labute approximate surface area is 113 Å². The fourth-order valence-electron chi connectivity index (χ4n) is 2.02. The van der Waals surface area contributed by atoms with E-state index in [1.807, 2.05) is 37.3 Å². The van der Waals surface area contributed by atoms with Gasteiger partial charge in [0.05, 0.1) is 6.04 Å². The number of amides is 1. The Morgan fingerprint density at radius 3 is 2.68 bits per heavy atom. The van der Waals surface area contributed by atoms with Crippen molar-refractivity contribution in [1.82, 2.24) is 5.32 Å². The SMILES string of the molecule is CC(OC(=O)NC(C=O)Cc1ccccc1)C1CC1. The highest BCUT2D eigenvalue weighted by molar-refractivity contribution is 5.73. The molecule has 1 aliphatic carbocycles. The van der Waals surface area contributed by atoms with Crippen LogP contribution in [0.2, 0.25) is 0 Å². The largest absolute Gasteiger partial charge is 0.446 e. The second kappa shape index (κ2) is 6.36. The molecule has 1 saturated carbocycles. The van der Waals surface area contributed by atoms with Crippen molar-refractivity contribution in [1.29, 1.82) is 0 Å². The fourth-order valence-corrected chi connectivity index (χ4v) is 2.02. The zero-order valence-corrected chi connectivity index (χ0v) is 11.0. The first-order chi connectivity index (χ1) is 9.19. The normalized spacial score (nSPS) is 17.3. The monoisotopic (exact) mass is 261 g/mol. The zero-order valence-electron chi connectivity index (χ0n) is 11.0. The molecule has 1 aliphatic rings. The fraction of sp³-hybridized carbons (Fsp3) is 0.467. The van der Waals surface area contributed by atoms with Gasteiger partial charge in [0.1, 0.15) is 12.4 Å². The quantitative estimate of drug-likeness (QED) is 0.799. The van der Waals surface area contributed by atoms with Crippen molar-refractivity contribution < 1.29 is 14.3 Å². The van der Waals surface area contributed by atoms with E-state index in [1.165, 1.54) is 0 Å². The van der Waals surface area contributed by atoms with E-state index < -0.39 is 12.1 Å². The first-order valence-corrected chi connectivity index (χ1v) is 6.65. The summed E-state index contributed by atoms with van der Waals surface area (Å²) >= 11 is 0. The van der Waals surface area contributed by atoms with Crippen LogP contribution in [-0.4, -0.2) is 24.5 Å². The van der Waals surface area contributed by atoms with Crippen molar-refractivity contribution >= 4 is 12.4 Å². The van der Waals surface area contributed by atoms with Crippen LogP contribution in [0.3, 0.4) is 0 Å². The van der Waals surface area contributed by atoms with E-state index in [0.717, 1.165) is 24.7 Å². The average Bonchev–Trinajstić information content (AvgIpc) is 3.23. The second-order valence-corrected chi connectivity index (χ2v) is 5.02. The molecule has 4 heteroatoms. The number of carbonyl (C=O) groups is 2. The van der Waals surface area contributed by atoms with Crippen LogP contribution in [0.25, 0.3) is 0 Å². The Kier molecular flexibility index (Phi) is 4.55. The van der Waals surface area contributed by atoms with Crippen LogP contribution < -0.4 is 5.32 Å². The molecule has 102 valence electrons. The maximum Gasteiger partial charge on any atom is 0.407 e. The number of benzene rings is 1. The van der Waals surface area contributed by atoms with Gasteiger partial charge in [-0.3, -0.25) is 0 Å². The summed E-state index contributed by atoms with van der Waals surface area (Å²) in [5.74, 6) is 0.495. The molecular weight excluding hydrogens is 242 g/mol. The Morgan fingerprint density at radius 2 is 2.11 bits per heavy atom. The molecule has 1 aromatic rings. The number of hydrogen-bond acceptors (Lipinski definition) is 3. The van der Waals surface area contributed by atoms with Gasteiger partial charge in [0.25, 0.3) is 0 Å². The van der Waals surface area contributed by atoms with Gasteiger partial charge in [-0.25, -0.2) is 4.79 Å². The van der Waals surface area contributed by atoms with E-state index in [4.69, 9.17) is 4.74 Å². The van der Waals surface area contributed by atoms with Crippen LogP contribution in [0, 0.1) is 5.92 Å². The topological polar surface area (TPSA) is 55.4 Å². The van der Waals surface area contributed by atoms with E-state index in [1.54, 1.807) is 0 Å². The van der Waals surface area contributed by atoms with Gasteiger partial charge in [-0.15, -0.1) is 0 Å². The van der Waals surface area contributed by atoms with Gasteiger partial charge in [-0.2, -0.15) is 0 Å². The maximum atomic E-state index is 11.7. The van der Waals surface area contributed by atoms with Gasteiger partial charge in [0.2, 0.25) is 0 Å². The predicted octanol–water partition coefficient (Wildman–Crippen LogP) is 2.32. The summed E-state index contributed by atoms with van der Waals surface area (Å²) in [6, 6.07) is 9.04. The molecule has 19 heavy (non-hydrogen) atoms. The molecule has 1 amide bonds. The van der Waals surface area contributed by atoms with Crippen LogP contribution in [-0.2, 0) is 16.0 Å². The molecule has 1 N–H and O–H groups in total. The molecule has 0 radical (unpaired) electrons. The Hall–Kier alpha value is -1.84. The van der Waals surface area contributed by atoms with E-state index in [-0.39, 0.29) is 6.10 Å². The molecule has 0 aromatic heterocycles. The summed E-state index contributed by atoms with van der Waals surface area (Å²) in [5.41, 5.74) is 1.01. The second-order valence-electron chi connectivity index (χ2n) is 5.02. The lowest BCUT2D eigenvalue weighted by Crippen LogP contribution is -2.39. The molecule has 0 bridgehead atoms. The van der Waals surface area contributed by atoms with Crippen molar-refractivity contribution in [3.63, 3.8) is 0 Å². The lowest BCUT2D eigenvalue weighted by atomic mass is 10.1. The van der Waals surface area contributed by atoms with Crippen LogP contribution in [0.5, 0.6) is 0 Å². The Balaban J connectivity index is 1.81. The first-order valence-electron chi connectivity index (χ1n) is 6.65. The third-order valence-electron chi connectivity index (χ3n) is 3.34. The molecule has 0 spiro atoms. The van der Waals surface area contributed by atoms with Crippen LogP contribution in [0.1, 0.15) is 25.3 Å². The van der Waals surface area contributed by atoms with Crippen LogP contribution in [0.15, 0.2) is 30.3 Å². The van der Waals surface area contributed by atoms with Gasteiger partial charge < -0.3 is 14.8 Å². The molecule has 0 heterocycles. The first kappa shape index (κ1) is 13.6. The standard InChI is InChI=1S/C15H19NO3/c1-11(13-7-8-13)19-15(18)16-14(10-17)9-12-5-3-2-4-6-12/h2-6,10-11,13-14H,7-9H2,1H3,(H,16,18). The number of rotatable bonds is 6. The van der Waals surface area contributed by atoms with Crippen molar-refractivity contribution in [2.45, 2.75) is 38.3 Å². The third-order valence-corrected chi connectivity index (χ3v) is 3.34. The summed E-state index contributed by atoms with van der Waals surface area (Å²) < 4.78 is 5.24.